The van der Waals surface area contributed by atoms with E-state index in [4.69, 9.17) is 11.5 Å². The smallest absolute Gasteiger partial charge is 0.223 e. The van der Waals surface area contributed by atoms with Crippen molar-refractivity contribution in [1.29, 1.82) is 0 Å². The maximum absolute atomic E-state index is 5.64. The van der Waals surface area contributed by atoms with Crippen molar-refractivity contribution in [2.75, 3.05) is 29.5 Å². The predicted octanol–water partition coefficient (Wildman–Crippen LogP) is 0.877. The van der Waals surface area contributed by atoms with Crippen LogP contribution in [0.3, 0.4) is 0 Å². The molecule has 1 fully saturated rings. The second-order valence-corrected chi connectivity index (χ2v) is 3.99. The van der Waals surface area contributed by atoms with Gasteiger partial charge in [0.1, 0.15) is 11.6 Å². The Morgan fingerprint density at radius 2 is 2.13 bits per heavy atom. The van der Waals surface area contributed by atoms with Crippen molar-refractivity contribution in [3.8, 4) is 0 Å². The Labute approximate surface area is 89.5 Å². The average Bonchev–Trinajstić information content (AvgIpc) is 2.96. The van der Waals surface area contributed by atoms with Crippen LogP contribution in [0, 0.1) is 5.92 Å². The molecule has 1 aromatic heterocycles. The molecule has 2 rings (SSSR count). The van der Waals surface area contributed by atoms with Gasteiger partial charge in [-0.3, -0.25) is 0 Å². The molecule has 82 valence electrons. The van der Waals surface area contributed by atoms with E-state index in [0.29, 0.717) is 5.82 Å². The molecular weight excluding hydrogens is 190 g/mol. The number of anilines is 3. The van der Waals surface area contributed by atoms with Crippen molar-refractivity contribution < 1.29 is 0 Å². The zero-order valence-electron chi connectivity index (χ0n) is 8.98. The molecule has 0 saturated heterocycles. The van der Waals surface area contributed by atoms with Crippen LogP contribution in [0.2, 0.25) is 0 Å². The number of rotatable bonds is 4. The van der Waals surface area contributed by atoms with E-state index in [1.807, 2.05) is 0 Å². The summed E-state index contributed by atoms with van der Waals surface area (Å²) in [5.41, 5.74) is 11.2. The molecule has 0 spiro atoms. The van der Waals surface area contributed by atoms with Crippen LogP contribution in [0.15, 0.2) is 6.07 Å². The standard InChI is InChI=1S/C10H17N5/c1-2-15(6-7-3-4-7)9-5-8(11)13-10(12)14-9/h5,7H,2-4,6H2,1H3,(H4,11,12,13,14). The van der Waals surface area contributed by atoms with Crippen LogP contribution >= 0.6 is 0 Å². The molecule has 1 aliphatic rings. The van der Waals surface area contributed by atoms with E-state index in [9.17, 15) is 0 Å². The first-order valence-electron chi connectivity index (χ1n) is 5.34. The molecule has 1 heterocycles. The van der Waals surface area contributed by atoms with E-state index in [2.05, 4.69) is 21.8 Å². The summed E-state index contributed by atoms with van der Waals surface area (Å²) in [6, 6.07) is 1.78. The first-order valence-corrected chi connectivity index (χ1v) is 5.34. The number of hydrogen-bond acceptors (Lipinski definition) is 5. The third-order valence-electron chi connectivity index (χ3n) is 2.63. The monoisotopic (exact) mass is 207 g/mol. The number of nitrogens with zero attached hydrogens (tertiary/aromatic N) is 3. The van der Waals surface area contributed by atoms with Crippen molar-refractivity contribution >= 4 is 17.6 Å². The third-order valence-corrected chi connectivity index (χ3v) is 2.63. The summed E-state index contributed by atoms with van der Waals surface area (Å²) in [6.45, 7) is 4.08. The lowest BCUT2D eigenvalue weighted by atomic mass is 10.3. The fourth-order valence-corrected chi connectivity index (χ4v) is 1.63. The fraction of sp³-hybridized carbons (Fsp3) is 0.600. The van der Waals surface area contributed by atoms with Gasteiger partial charge in [0.2, 0.25) is 5.95 Å². The Kier molecular flexibility index (Phi) is 2.62. The van der Waals surface area contributed by atoms with Crippen molar-refractivity contribution in [3.63, 3.8) is 0 Å². The van der Waals surface area contributed by atoms with Gasteiger partial charge in [-0.2, -0.15) is 9.97 Å². The Balaban J connectivity index is 2.16. The largest absolute Gasteiger partial charge is 0.383 e. The summed E-state index contributed by atoms with van der Waals surface area (Å²) in [4.78, 5) is 10.3. The third kappa shape index (κ3) is 2.49. The normalized spacial score (nSPS) is 15.3. The molecular formula is C10H17N5. The van der Waals surface area contributed by atoms with Gasteiger partial charge < -0.3 is 16.4 Å². The van der Waals surface area contributed by atoms with E-state index in [0.717, 1.165) is 24.8 Å². The van der Waals surface area contributed by atoms with E-state index >= 15 is 0 Å². The van der Waals surface area contributed by atoms with E-state index in [-0.39, 0.29) is 5.95 Å². The highest BCUT2D eigenvalue weighted by molar-refractivity contribution is 5.50. The van der Waals surface area contributed by atoms with E-state index < -0.39 is 0 Å². The first-order chi connectivity index (χ1) is 7.19. The van der Waals surface area contributed by atoms with Crippen molar-refractivity contribution in [1.82, 2.24) is 9.97 Å². The lowest BCUT2D eigenvalue weighted by molar-refractivity contribution is 0.731. The van der Waals surface area contributed by atoms with Gasteiger partial charge >= 0.3 is 0 Å². The van der Waals surface area contributed by atoms with Crippen LogP contribution in [0.25, 0.3) is 0 Å². The Morgan fingerprint density at radius 1 is 1.40 bits per heavy atom. The molecule has 0 atom stereocenters. The minimum atomic E-state index is 0.249. The molecule has 0 amide bonds. The quantitative estimate of drug-likeness (QED) is 0.766. The molecule has 5 nitrogen and oxygen atoms in total. The fourth-order valence-electron chi connectivity index (χ4n) is 1.63. The summed E-state index contributed by atoms with van der Waals surface area (Å²) >= 11 is 0. The summed E-state index contributed by atoms with van der Waals surface area (Å²) in [5, 5.41) is 0. The van der Waals surface area contributed by atoms with Gasteiger partial charge in [-0.15, -0.1) is 0 Å². The highest BCUT2D eigenvalue weighted by Gasteiger charge is 2.24. The summed E-state index contributed by atoms with van der Waals surface area (Å²) in [5.74, 6) is 2.35. The van der Waals surface area contributed by atoms with Crippen LogP contribution in [0.4, 0.5) is 17.6 Å². The van der Waals surface area contributed by atoms with Gasteiger partial charge in [-0.05, 0) is 25.7 Å². The number of hydrogen-bond donors (Lipinski definition) is 2. The maximum atomic E-state index is 5.64. The van der Waals surface area contributed by atoms with Crippen LogP contribution in [0.5, 0.6) is 0 Å². The minimum Gasteiger partial charge on any atom is -0.383 e. The highest BCUT2D eigenvalue weighted by atomic mass is 15.2. The van der Waals surface area contributed by atoms with Crippen molar-refractivity contribution in [3.05, 3.63) is 6.07 Å². The van der Waals surface area contributed by atoms with Gasteiger partial charge in [0.05, 0.1) is 0 Å². The average molecular weight is 207 g/mol. The van der Waals surface area contributed by atoms with Gasteiger partial charge in [0, 0.05) is 19.2 Å². The van der Waals surface area contributed by atoms with Crippen LogP contribution in [-0.4, -0.2) is 23.1 Å². The molecule has 1 aliphatic carbocycles. The van der Waals surface area contributed by atoms with E-state index in [1.165, 1.54) is 12.8 Å². The van der Waals surface area contributed by atoms with Gasteiger partial charge in [-0.1, -0.05) is 0 Å². The Morgan fingerprint density at radius 3 is 2.67 bits per heavy atom. The van der Waals surface area contributed by atoms with Crippen LogP contribution in [0.1, 0.15) is 19.8 Å². The zero-order valence-corrected chi connectivity index (χ0v) is 8.98. The lowest BCUT2D eigenvalue weighted by Crippen LogP contribution is -2.26. The Hall–Kier alpha value is -1.52. The second-order valence-electron chi connectivity index (χ2n) is 3.99. The highest BCUT2D eigenvalue weighted by Crippen LogP contribution is 2.31. The van der Waals surface area contributed by atoms with Crippen LogP contribution in [-0.2, 0) is 0 Å². The molecule has 0 aromatic carbocycles. The SMILES string of the molecule is CCN(CC1CC1)c1cc(N)nc(N)n1. The van der Waals surface area contributed by atoms with Gasteiger partial charge in [0.15, 0.2) is 0 Å². The molecule has 0 aliphatic heterocycles. The summed E-state index contributed by atoms with van der Waals surface area (Å²) in [6.07, 6.45) is 2.65. The number of nitrogens with two attached hydrogens (primary N) is 2. The first kappa shape index (κ1) is 10.0. The second kappa shape index (κ2) is 3.92. The molecule has 0 unspecified atom stereocenters. The summed E-state index contributed by atoms with van der Waals surface area (Å²) in [7, 11) is 0. The molecule has 1 aromatic rings. The number of aromatic nitrogens is 2. The molecule has 1 saturated carbocycles. The zero-order chi connectivity index (χ0) is 10.8. The summed E-state index contributed by atoms with van der Waals surface area (Å²) < 4.78 is 0. The number of nitrogen functional groups attached to an aromatic ring is 2. The van der Waals surface area contributed by atoms with Crippen molar-refractivity contribution in [2.45, 2.75) is 19.8 Å². The molecule has 15 heavy (non-hydrogen) atoms. The van der Waals surface area contributed by atoms with Gasteiger partial charge in [-0.25, -0.2) is 0 Å². The minimum absolute atomic E-state index is 0.249. The molecule has 4 N–H and O–H groups in total. The van der Waals surface area contributed by atoms with Crippen LogP contribution < -0.4 is 16.4 Å². The molecule has 5 heteroatoms. The Bertz CT molecular complexity index is 327. The molecule has 0 radical (unpaired) electrons. The van der Waals surface area contributed by atoms with Gasteiger partial charge in [0.25, 0.3) is 0 Å². The lowest BCUT2D eigenvalue weighted by Gasteiger charge is -2.21. The topological polar surface area (TPSA) is 81.1 Å². The maximum Gasteiger partial charge on any atom is 0.223 e. The van der Waals surface area contributed by atoms with E-state index in [1.54, 1.807) is 6.07 Å². The molecule has 0 bridgehead atoms. The van der Waals surface area contributed by atoms with Crippen molar-refractivity contribution in [2.24, 2.45) is 5.92 Å². The predicted molar refractivity (Wildman–Crippen MR) is 61.5 cm³/mol.